The van der Waals surface area contributed by atoms with Gasteiger partial charge in [0.1, 0.15) is 28.6 Å². The van der Waals surface area contributed by atoms with Crippen LogP contribution in [0.5, 0.6) is 23.0 Å². The van der Waals surface area contributed by atoms with E-state index >= 15 is 0 Å². The molecule has 44 heavy (non-hydrogen) atoms. The molecule has 216 valence electrons. The van der Waals surface area contributed by atoms with E-state index in [2.05, 4.69) is 0 Å². The Labute approximate surface area is 252 Å². The Balaban J connectivity index is 1.60. The standard InChI is InChI=1S/C36H24O8/c37-28-19-16-24(17-20-28)18-21-30(38)33-31(43-35(40)26-12-6-2-7-13-26)22-29(42-34(39)25-10-4-1-5-11-25)23-32(33)44-36(41)27-14-8-3-9-15-27/h1-23,37H/b21-18+. The minimum Gasteiger partial charge on any atom is -0.508 e. The molecule has 8 heteroatoms. The van der Waals surface area contributed by atoms with Gasteiger partial charge >= 0.3 is 17.9 Å². The number of ether oxygens (including phenoxy) is 3. The number of benzene rings is 5. The van der Waals surface area contributed by atoms with Crippen LogP contribution in [0.2, 0.25) is 0 Å². The van der Waals surface area contributed by atoms with Crippen molar-refractivity contribution in [3.05, 3.63) is 161 Å². The molecule has 1 N–H and O–H groups in total. The average molecular weight is 585 g/mol. The van der Waals surface area contributed by atoms with Gasteiger partial charge in [0.2, 0.25) is 0 Å². The first-order valence-corrected chi connectivity index (χ1v) is 13.4. The van der Waals surface area contributed by atoms with Gasteiger partial charge in [0.25, 0.3) is 0 Å². The SMILES string of the molecule is O=C(Oc1cc(OC(=O)c2ccccc2)c(C(=O)/C=C/c2ccc(O)cc2)c(OC(=O)c2ccccc2)c1)c1ccccc1. The number of carbonyl (C=O) groups is 4. The fraction of sp³-hybridized carbons (Fsp3) is 0. The van der Waals surface area contributed by atoms with Gasteiger partial charge in [-0.1, -0.05) is 72.8 Å². The molecule has 0 aliphatic rings. The third kappa shape index (κ3) is 7.32. The highest BCUT2D eigenvalue weighted by Crippen LogP contribution is 2.37. The Morgan fingerprint density at radius 3 is 1.36 bits per heavy atom. The van der Waals surface area contributed by atoms with Crippen molar-refractivity contribution < 1.29 is 38.5 Å². The zero-order valence-electron chi connectivity index (χ0n) is 23.1. The van der Waals surface area contributed by atoms with E-state index in [0.717, 1.165) is 0 Å². The lowest BCUT2D eigenvalue weighted by atomic mass is 10.1. The normalized spacial score (nSPS) is 10.6. The second kappa shape index (κ2) is 13.6. The number of esters is 3. The summed E-state index contributed by atoms with van der Waals surface area (Å²) >= 11 is 0. The van der Waals surface area contributed by atoms with Gasteiger partial charge in [-0.15, -0.1) is 0 Å². The maximum Gasteiger partial charge on any atom is 0.343 e. The van der Waals surface area contributed by atoms with Crippen LogP contribution in [-0.4, -0.2) is 28.8 Å². The number of ketones is 1. The average Bonchev–Trinajstić information content (AvgIpc) is 3.05. The zero-order valence-corrected chi connectivity index (χ0v) is 23.1. The van der Waals surface area contributed by atoms with Crippen LogP contribution in [0.25, 0.3) is 6.08 Å². The van der Waals surface area contributed by atoms with Crippen molar-refractivity contribution in [1.82, 2.24) is 0 Å². The van der Waals surface area contributed by atoms with E-state index in [0.29, 0.717) is 5.56 Å². The summed E-state index contributed by atoms with van der Waals surface area (Å²) in [6.07, 6.45) is 2.69. The summed E-state index contributed by atoms with van der Waals surface area (Å²) in [6, 6.07) is 32.9. The molecule has 5 aromatic rings. The third-order valence-corrected chi connectivity index (χ3v) is 6.25. The van der Waals surface area contributed by atoms with Crippen LogP contribution >= 0.6 is 0 Å². The first-order chi connectivity index (χ1) is 21.4. The number of hydrogen-bond donors (Lipinski definition) is 1. The maximum atomic E-state index is 13.7. The molecule has 0 aliphatic heterocycles. The third-order valence-electron chi connectivity index (χ3n) is 6.25. The molecular weight excluding hydrogens is 560 g/mol. The summed E-state index contributed by atoms with van der Waals surface area (Å²) in [5, 5.41) is 9.58. The molecule has 0 aliphatic carbocycles. The van der Waals surface area contributed by atoms with Crippen molar-refractivity contribution in [3.63, 3.8) is 0 Å². The van der Waals surface area contributed by atoms with Crippen LogP contribution in [-0.2, 0) is 0 Å². The Morgan fingerprint density at radius 2 is 0.932 bits per heavy atom. The molecule has 0 amide bonds. The van der Waals surface area contributed by atoms with Crippen molar-refractivity contribution in [2.75, 3.05) is 0 Å². The van der Waals surface area contributed by atoms with E-state index < -0.39 is 23.7 Å². The molecule has 5 rings (SSSR count). The number of rotatable bonds is 9. The number of aromatic hydroxyl groups is 1. The molecule has 0 atom stereocenters. The van der Waals surface area contributed by atoms with Crippen molar-refractivity contribution in [1.29, 1.82) is 0 Å². The van der Waals surface area contributed by atoms with Gasteiger partial charge in [0.05, 0.1) is 16.7 Å². The van der Waals surface area contributed by atoms with Crippen LogP contribution < -0.4 is 14.2 Å². The molecule has 0 radical (unpaired) electrons. The second-order valence-corrected chi connectivity index (χ2v) is 9.35. The van der Waals surface area contributed by atoms with Crippen LogP contribution in [0, 0.1) is 0 Å². The number of phenolic OH excluding ortho intramolecular Hbond substituents is 1. The predicted molar refractivity (Wildman–Crippen MR) is 162 cm³/mol. The van der Waals surface area contributed by atoms with Gasteiger partial charge < -0.3 is 19.3 Å². The highest BCUT2D eigenvalue weighted by Gasteiger charge is 2.25. The fourth-order valence-corrected chi connectivity index (χ4v) is 4.08. The van der Waals surface area contributed by atoms with Crippen LogP contribution in [0.4, 0.5) is 0 Å². The minimum atomic E-state index is -0.797. The smallest absolute Gasteiger partial charge is 0.343 e. The zero-order chi connectivity index (χ0) is 30.9. The topological polar surface area (TPSA) is 116 Å². The lowest BCUT2D eigenvalue weighted by molar-refractivity contribution is 0.0728. The summed E-state index contributed by atoms with van der Waals surface area (Å²) in [6.45, 7) is 0. The van der Waals surface area contributed by atoms with E-state index in [9.17, 15) is 24.3 Å². The highest BCUT2D eigenvalue weighted by atomic mass is 16.6. The Hall–Kier alpha value is -6.28. The number of phenols is 1. The van der Waals surface area contributed by atoms with E-state index in [1.807, 2.05) is 0 Å². The second-order valence-electron chi connectivity index (χ2n) is 9.35. The molecular formula is C36H24O8. The van der Waals surface area contributed by atoms with Crippen molar-refractivity contribution >= 4 is 29.8 Å². The molecule has 0 spiro atoms. The molecule has 0 bridgehead atoms. The van der Waals surface area contributed by atoms with Gasteiger partial charge in [-0.3, -0.25) is 4.79 Å². The van der Waals surface area contributed by atoms with E-state index in [1.165, 1.54) is 60.7 Å². The molecule has 8 nitrogen and oxygen atoms in total. The number of hydrogen-bond acceptors (Lipinski definition) is 8. The highest BCUT2D eigenvalue weighted by molar-refractivity contribution is 6.12. The van der Waals surface area contributed by atoms with E-state index in [1.54, 1.807) is 78.9 Å². The molecule has 0 unspecified atom stereocenters. The Bertz CT molecular complexity index is 1750. The van der Waals surface area contributed by atoms with Gasteiger partial charge in [-0.2, -0.15) is 0 Å². The first kappa shape index (κ1) is 29.2. The summed E-state index contributed by atoms with van der Waals surface area (Å²) in [5.41, 5.74) is 0.971. The van der Waals surface area contributed by atoms with Crippen LogP contribution in [0.15, 0.2) is 133 Å². The maximum absolute atomic E-state index is 13.7. The van der Waals surface area contributed by atoms with Gasteiger partial charge in [0.15, 0.2) is 5.78 Å². The molecule has 0 saturated carbocycles. The predicted octanol–water partition coefficient (Wildman–Crippen LogP) is 6.95. The quantitative estimate of drug-likeness (QED) is 0.0857. The lowest BCUT2D eigenvalue weighted by Crippen LogP contribution is -2.16. The summed E-state index contributed by atoms with van der Waals surface area (Å²) in [5.74, 6) is -3.67. The minimum absolute atomic E-state index is 0.0549. The van der Waals surface area contributed by atoms with E-state index in [4.69, 9.17) is 14.2 Å². The van der Waals surface area contributed by atoms with Gasteiger partial charge in [-0.25, -0.2) is 14.4 Å². The Kier molecular flexibility index (Phi) is 9.02. The molecule has 0 aromatic heterocycles. The molecule has 0 heterocycles. The van der Waals surface area contributed by atoms with Gasteiger partial charge in [0, 0.05) is 12.1 Å². The largest absolute Gasteiger partial charge is 0.508 e. The molecule has 0 saturated heterocycles. The number of carbonyl (C=O) groups excluding carboxylic acids is 4. The first-order valence-electron chi connectivity index (χ1n) is 13.4. The number of allylic oxidation sites excluding steroid dienone is 1. The Morgan fingerprint density at radius 1 is 0.523 bits per heavy atom. The lowest BCUT2D eigenvalue weighted by Gasteiger charge is -2.16. The van der Waals surface area contributed by atoms with Crippen molar-refractivity contribution in [2.24, 2.45) is 0 Å². The van der Waals surface area contributed by atoms with Crippen LogP contribution in [0.3, 0.4) is 0 Å². The fourth-order valence-electron chi connectivity index (χ4n) is 4.08. The summed E-state index contributed by atoms with van der Waals surface area (Å²) < 4.78 is 16.9. The monoisotopic (exact) mass is 584 g/mol. The van der Waals surface area contributed by atoms with Crippen molar-refractivity contribution in [3.8, 4) is 23.0 Å². The van der Waals surface area contributed by atoms with E-state index in [-0.39, 0.29) is 45.3 Å². The summed E-state index contributed by atoms with van der Waals surface area (Å²) in [7, 11) is 0. The van der Waals surface area contributed by atoms with Gasteiger partial charge in [-0.05, 0) is 60.2 Å². The van der Waals surface area contributed by atoms with Crippen LogP contribution in [0.1, 0.15) is 47.0 Å². The van der Waals surface area contributed by atoms with Crippen molar-refractivity contribution in [2.45, 2.75) is 0 Å². The molecule has 5 aromatic carbocycles. The molecule has 0 fully saturated rings. The summed E-state index contributed by atoms with van der Waals surface area (Å²) in [4.78, 5) is 52.8.